The zero-order chi connectivity index (χ0) is 15.0. The third kappa shape index (κ3) is 5.23. The summed E-state index contributed by atoms with van der Waals surface area (Å²) in [5.74, 6) is -0.631. The fourth-order valence-corrected chi connectivity index (χ4v) is 1.47. The topological polar surface area (TPSA) is 92.7 Å². The highest BCUT2D eigenvalue weighted by atomic mass is 16.2. The Morgan fingerprint density at radius 2 is 1.32 bits per heavy atom. The van der Waals surface area contributed by atoms with E-state index >= 15 is 0 Å². The van der Waals surface area contributed by atoms with E-state index in [9.17, 15) is 9.59 Å². The zero-order valence-corrected chi connectivity index (χ0v) is 11.8. The number of nitrogens with zero attached hydrogens (tertiary/aromatic N) is 2. The first-order valence-electron chi connectivity index (χ1n) is 6.21. The Kier molecular flexibility index (Phi) is 7.71. The normalized spacial score (nSPS) is 9.89. The van der Waals surface area contributed by atoms with Crippen molar-refractivity contribution >= 4 is 11.8 Å². The minimum absolute atomic E-state index is 0.245. The van der Waals surface area contributed by atoms with Crippen LogP contribution in [-0.4, -0.2) is 48.0 Å². The quantitative estimate of drug-likeness (QED) is 0.503. The molecule has 6 nitrogen and oxygen atoms in total. The largest absolute Gasteiger partial charge is 0.330 e. The molecule has 4 N–H and O–H groups in total. The molecule has 2 amide bonds. The van der Waals surface area contributed by atoms with E-state index in [4.69, 9.17) is 11.5 Å². The fraction of sp³-hybridized carbons (Fsp3) is 0.538. The van der Waals surface area contributed by atoms with Crippen LogP contribution >= 0.6 is 0 Å². The molecule has 0 saturated carbocycles. The van der Waals surface area contributed by atoms with Crippen LogP contribution in [0.25, 0.3) is 0 Å². The van der Waals surface area contributed by atoms with Gasteiger partial charge < -0.3 is 11.5 Å². The number of hydrazine groups is 1. The van der Waals surface area contributed by atoms with Gasteiger partial charge in [-0.3, -0.25) is 9.59 Å². The van der Waals surface area contributed by atoms with Crippen LogP contribution < -0.4 is 11.5 Å². The van der Waals surface area contributed by atoms with Crippen LogP contribution in [0.5, 0.6) is 0 Å². The molecule has 6 heteroatoms. The maximum absolute atomic E-state index is 12.1. The Hall–Kier alpha value is -1.66. The Balaban J connectivity index is 5.22. The minimum Gasteiger partial charge on any atom is -0.330 e. The lowest BCUT2D eigenvalue weighted by Gasteiger charge is -2.35. The molecule has 19 heavy (non-hydrogen) atoms. The molecule has 0 aliphatic carbocycles. The summed E-state index contributed by atoms with van der Waals surface area (Å²) in [6.45, 7) is 11.7. The molecular formula is C13H24N4O2. The lowest BCUT2D eigenvalue weighted by molar-refractivity contribution is -0.158. The second-order valence-electron chi connectivity index (χ2n) is 4.35. The van der Waals surface area contributed by atoms with E-state index in [2.05, 4.69) is 13.2 Å². The predicted molar refractivity (Wildman–Crippen MR) is 75.8 cm³/mol. The Labute approximate surface area is 114 Å². The molecule has 0 aliphatic rings. The fourth-order valence-electron chi connectivity index (χ4n) is 1.47. The molecule has 0 fully saturated rings. The van der Waals surface area contributed by atoms with Crippen LogP contribution in [0.4, 0.5) is 0 Å². The molecule has 0 rings (SSSR count). The van der Waals surface area contributed by atoms with Crippen LogP contribution in [0.2, 0.25) is 0 Å². The third-order valence-corrected chi connectivity index (χ3v) is 2.41. The number of hydrogen-bond donors (Lipinski definition) is 2. The molecule has 108 valence electrons. The van der Waals surface area contributed by atoms with Gasteiger partial charge in [0.25, 0.3) is 11.8 Å². The predicted octanol–water partition coefficient (Wildman–Crippen LogP) is 0.0183. The second-order valence-corrected chi connectivity index (χ2v) is 4.35. The summed E-state index contributed by atoms with van der Waals surface area (Å²) >= 11 is 0. The van der Waals surface area contributed by atoms with Crippen molar-refractivity contribution in [2.24, 2.45) is 11.5 Å². The summed E-state index contributed by atoms with van der Waals surface area (Å²) in [7, 11) is 0. The molecule has 0 bridgehead atoms. The number of rotatable bonds is 7. The monoisotopic (exact) mass is 268 g/mol. The Morgan fingerprint density at radius 1 is 0.895 bits per heavy atom. The molecule has 0 heterocycles. The van der Waals surface area contributed by atoms with Gasteiger partial charge in [-0.2, -0.15) is 0 Å². The van der Waals surface area contributed by atoms with Gasteiger partial charge in [-0.05, 0) is 26.8 Å². The highest BCUT2D eigenvalue weighted by Crippen LogP contribution is 2.09. The van der Waals surface area contributed by atoms with Crippen molar-refractivity contribution in [1.82, 2.24) is 10.0 Å². The lowest BCUT2D eigenvalue weighted by atomic mass is 10.2. The minimum atomic E-state index is -0.322. The van der Waals surface area contributed by atoms with Gasteiger partial charge in [0.2, 0.25) is 0 Å². The summed E-state index contributed by atoms with van der Waals surface area (Å²) in [6.07, 6.45) is 0.587. The Morgan fingerprint density at radius 3 is 1.63 bits per heavy atom. The van der Waals surface area contributed by atoms with Crippen molar-refractivity contribution in [3.05, 3.63) is 24.3 Å². The van der Waals surface area contributed by atoms with Crippen molar-refractivity contribution in [2.75, 3.05) is 26.2 Å². The summed E-state index contributed by atoms with van der Waals surface area (Å²) in [5, 5.41) is 2.66. The van der Waals surface area contributed by atoms with Crippen molar-refractivity contribution in [3.8, 4) is 0 Å². The van der Waals surface area contributed by atoms with Gasteiger partial charge in [-0.1, -0.05) is 13.2 Å². The van der Waals surface area contributed by atoms with Crippen molar-refractivity contribution < 1.29 is 9.59 Å². The maximum atomic E-state index is 12.1. The third-order valence-electron chi connectivity index (χ3n) is 2.41. The molecule has 0 aromatic rings. The number of amides is 2. The number of carbonyl (C=O) groups is 2. The van der Waals surface area contributed by atoms with Gasteiger partial charge in [0.05, 0.1) is 6.54 Å². The molecule has 0 atom stereocenters. The van der Waals surface area contributed by atoms with Gasteiger partial charge in [0, 0.05) is 24.2 Å². The molecule has 0 unspecified atom stereocenters. The number of nitrogens with two attached hydrogens (primary N) is 2. The van der Waals surface area contributed by atoms with E-state index in [-0.39, 0.29) is 24.9 Å². The first-order valence-corrected chi connectivity index (χ1v) is 6.21. The average molecular weight is 268 g/mol. The molecule has 0 spiro atoms. The summed E-state index contributed by atoms with van der Waals surface area (Å²) < 4.78 is 0. The van der Waals surface area contributed by atoms with Gasteiger partial charge in [0.1, 0.15) is 0 Å². The van der Waals surface area contributed by atoms with E-state index < -0.39 is 0 Å². The molecule has 0 radical (unpaired) electrons. The smallest absolute Gasteiger partial charge is 0.267 e. The average Bonchev–Trinajstić information content (AvgIpc) is 2.36. The molecule has 0 saturated heterocycles. The molecular weight excluding hydrogens is 244 g/mol. The van der Waals surface area contributed by atoms with E-state index in [1.165, 1.54) is 10.0 Å². The van der Waals surface area contributed by atoms with Crippen LogP contribution in [0.15, 0.2) is 24.3 Å². The van der Waals surface area contributed by atoms with Crippen molar-refractivity contribution in [1.29, 1.82) is 0 Å². The van der Waals surface area contributed by atoms with Crippen LogP contribution in [-0.2, 0) is 9.59 Å². The molecule has 0 aromatic heterocycles. The van der Waals surface area contributed by atoms with E-state index in [1.54, 1.807) is 13.8 Å². The van der Waals surface area contributed by atoms with Crippen LogP contribution in [0.1, 0.15) is 20.3 Å². The molecule has 0 aliphatic heterocycles. The SMILES string of the molecule is C=C(C)C(=O)N(CCN)N(CCCN)C(=O)C(=C)C. The first-order chi connectivity index (χ1) is 8.86. The highest BCUT2D eigenvalue weighted by Gasteiger charge is 2.25. The zero-order valence-electron chi connectivity index (χ0n) is 11.8. The van der Waals surface area contributed by atoms with E-state index in [0.717, 1.165) is 0 Å². The van der Waals surface area contributed by atoms with Crippen LogP contribution in [0.3, 0.4) is 0 Å². The molecule has 0 aromatic carbocycles. The standard InChI is InChI=1S/C13H24N4O2/c1-10(2)12(18)16(8-5-6-14)17(9-7-15)13(19)11(3)4/h1,3,5-9,14-15H2,2,4H3. The van der Waals surface area contributed by atoms with Crippen LogP contribution in [0, 0.1) is 0 Å². The van der Waals surface area contributed by atoms with Gasteiger partial charge in [-0.15, -0.1) is 0 Å². The summed E-state index contributed by atoms with van der Waals surface area (Å²) in [6, 6.07) is 0. The van der Waals surface area contributed by atoms with Gasteiger partial charge in [0.15, 0.2) is 0 Å². The van der Waals surface area contributed by atoms with Gasteiger partial charge >= 0.3 is 0 Å². The Bertz CT molecular complexity index is 366. The summed E-state index contributed by atoms with van der Waals surface area (Å²) in [4.78, 5) is 24.2. The second kappa shape index (κ2) is 8.44. The summed E-state index contributed by atoms with van der Waals surface area (Å²) in [5.41, 5.74) is 11.7. The highest BCUT2D eigenvalue weighted by molar-refractivity contribution is 5.97. The van der Waals surface area contributed by atoms with E-state index in [0.29, 0.717) is 30.7 Å². The van der Waals surface area contributed by atoms with Gasteiger partial charge in [-0.25, -0.2) is 10.0 Å². The first kappa shape index (κ1) is 17.3. The number of carbonyl (C=O) groups excluding carboxylic acids is 2. The van der Waals surface area contributed by atoms with E-state index in [1.807, 2.05) is 0 Å². The van der Waals surface area contributed by atoms with Crippen molar-refractivity contribution in [2.45, 2.75) is 20.3 Å². The maximum Gasteiger partial charge on any atom is 0.267 e. The number of hydrogen-bond acceptors (Lipinski definition) is 4. The lowest BCUT2D eigenvalue weighted by Crippen LogP contribution is -2.52. The van der Waals surface area contributed by atoms with Crippen molar-refractivity contribution in [3.63, 3.8) is 0 Å².